The number of nitro benzene ring substituents is 1. The SMILES string of the molecule is CCCCNC(=O)[C@@H](CC)N(Cc1c(Cl)cccc1Cl)C(=O)CN(c1cccc([N+](=O)[O-])c1)S(=O)(=O)c1ccccc1. The molecule has 0 radical (unpaired) electrons. The Labute approximate surface area is 255 Å². The van der Waals surface area contributed by atoms with Crippen molar-refractivity contribution in [1.82, 2.24) is 10.2 Å². The highest BCUT2D eigenvalue weighted by molar-refractivity contribution is 7.92. The van der Waals surface area contributed by atoms with Gasteiger partial charge in [-0.1, -0.05) is 73.8 Å². The number of nitro groups is 1. The van der Waals surface area contributed by atoms with Gasteiger partial charge >= 0.3 is 0 Å². The highest BCUT2D eigenvalue weighted by atomic mass is 35.5. The van der Waals surface area contributed by atoms with Gasteiger partial charge in [0.15, 0.2) is 0 Å². The summed E-state index contributed by atoms with van der Waals surface area (Å²) in [5, 5.41) is 14.9. The summed E-state index contributed by atoms with van der Waals surface area (Å²) in [6, 6.07) is 16.3. The normalized spacial score (nSPS) is 11.9. The van der Waals surface area contributed by atoms with Crippen LogP contribution in [0.25, 0.3) is 0 Å². The van der Waals surface area contributed by atoms with E-state index < -0.39 is 39.3 Å². The van der Waals surface area contributed by atoms with Crippen LogP contribution in [0.2, 0.25) is 10.0 Å². The van der Waals surface area contributed by atoms with E-state index in [2.05, 4.69) is 5.32 Å². The van der Waals surface area contributed by atoms with Crippen molar-refractivity contribution in [2.45, 2.75) is 50.6 Å². The number of sulfonamides is 1. The number of non-ortho nitro benzene ring substituents is 1. The van der Waals surface area contributed by atoms with Gasteiger partial charge in [0, 0.05) is 40.8 Å². The fourth-order valence-corrected chi connectivity index (χ4v) is 6.23. The Kier molecular flexibility index (Phi) is 11.7. The minimum absolute atomic E-state index is 0.0856. The van der Waals surface area contributed by atoms with E-state index in [0.29, 0.717) is 12.1 Å². The van der Waals surface area contributed by atoms with Gasteiger partial charge in [-0.15, -0.1) is 0 Å². The molecule has 42 heavy (non-hydrogen) atoms. The molecule has 0 saturated carbocycles. The lowest BCUT2D eigenvalue weighted by molar-refractivity contribution is -0.384. The van der Waals surface area contributed by atoms with Gasteiger partial charge in [0.2, 0.25) is 11.8 Å². The van der Waals surface area contributed by atoms with Gasteiger partial charge in [0.1, 0.15) is 12.6 Å². The van der Waals surface area contributed by atoms with Gasteiger partial charge in [-0.3, -0.25) is 24.0 Å². The second-order valence-electron chi connectivity index (χ2n) is 9.39. The number of nitrogens with zero attached hydrogens (tertiary/aromatic N) is 3. The Balaban J connectivity index is 2.11. The van der Waals surface area contributed by atoms with Crippen LogP contribution in [0.4, 0.5) is 11.4 Å². The average molecular weight is 636 g/mol. The topological polar surface area (TPSA) is 130 Å². The number of halogens is 2. The molecule has 0 bridgehead atoms. The lowest BCUT2D eigenvalue weighted by atomic mass is 10.1. The van der Waals surface area contributed by atoms with Gasteiger partial charge in [-0.05, 0) is 43.2 Å². The van der Waals surface area contributed by atoms with Gasteiger partial charge in [0.25, 0.3) is 15.7 Å². The second kappa shape index (κ2) is 15.0. The van der Waals surface area contributed by atoms with Crippen LogP contribution in [0.3, 0.4) is 0 Å². The maximum Gasteiger partial charge on any atom is 0.271 e. The number of rotatable bonds is 14. The summed E-state index contributed by atoms with van der Waals surface area (Å²) in [6.45, 7) is 3.19. The summed E-state index contributed by atoms with van der Waals surface area (Å²) in [5.41, 5.74) is -0.0472. The molecule has 0 fully saturated rings. The molecule has 0 aliphatic carbocycles. The Morgan fingerprint density at radius 3 is 2.21 bits per heavy atom. The van der Waals surface area contributed by atoms with E-state index in [0.717, 1.165) is 23.2 Å². The maximum atomic E-state index is 14.1. The van der Waals surface area contributed by atoms with Crippen molar-refractivity contribution >= 4 is 56.4 Å². The maximum absolute atomic E-state index is 14.1. The molecular weight excluding hydrogens is 603 g/mol. The number of amides is 2. The van der Waals surface area contributed by atoms with Crippen molar-refractivity contribution in [2.24, 2.45) is 0 Å². The number of hydrogen-bond donors (Lipinski definition) is 1. The molecule has 10 nitrogen and oxygen atoms in total. The van der Waals surface area contributed by atoms with Crippen LogP contribution >= 0.6 is 23.2 Å². The third-order valence-corrected chi connectivity index (χ3v) is 9.04. The summed E-state index contributed by atoms with van der Waals surface area (Å²) in [6.07, 6.45) is 1.81. The Morgan fingerprint density at radius 1 is 0.976 bits per heavy atom. The summed E-state index contributed by atoms with van der Waals surface area (Å²) in [7, 11) is -4.37. The van der Waals surface area contributed by atoms with E-state index in [1.807, 2.05) is 6.92 Å². The number of hydrogen-bond acceptors (Lipinski definition) is 6. The van der Waals surface area contributed by atoms with Gasteiger partial charge in [-0.25, -0.2) is 8.42 Å². The van der Waals surface area contributed by atoms with E-state index in [-0.39, 0.29) is 39.3 Å². The third-order valence-electron chi connectivity index (χ3n) is 6.54. The summed E-state index contributed by atoms with van der Waals surface area (Å²) < 4.78 is 28.5. The fourth-order valence-electron chi connectivity index (χ4n) is 4.29. The Hall–Kier alpha value is -3.67. The first-order valence-corrected chi connectivity index (χ1v) is 15.5. The van der Waals surface area contributed by atoms with Crippen LogP contribution in [0.1, 0.15) is 38.7 Å². The lowest BCUT2D eigenvalue weighted by Gasteiger charge is -2.33. The third kappa shape index (κ3) is 7.99. The molecule has 1 atom stereocenters. The van der Waals surface area contributed by atoms with Crippen molar-refractivity contribution < 1.29 is 22.9 Å². The van der Waals surface area contributed by atoms with E-state index >= 15 is 0 Å². The molecule has 1 N–H and O–H groups in total. The molecule has 3 aromatic rings. The second-order valence-corrected chi connectivity index (χ2v) is 12.1. The predicted molar refractivity (Wildman–Crippen MR) is 163 cm³/mol. The first-order valence-electron chi connectivity index (χ1n) is 13.3. The van der Waals surface area contributed by atoms with Crippen molar-refractivity contribution in [3.63, 3.8) is 0 Å². The van der Waals surface area contributed by atoms with Crippen molar-refractivity contribution in [1.29, 1.82) is 0 Å². The van der Waals surface area contributed by atoms with Crippen LogP contribution < -0.4 is 9.62 Å². The number of carbonyl (C=O) groups excluding carboxylic acids is 2. The molecule has 0 aliphatic heterocycles. The van der Waals surface area contributed by atoms with Crippen LogP contribution in [0, 0.1) is 10.1 Å². The highest BCUT2D eigenvalue weighted by Crippen LogP contribution is 2.30. The van der Waals surface area contributed by atoms with Crippen LogP contribution in [-0.2, 0) is 26.2 Å². The molecule has 13 heteroatoms. The van der Waals surface area contributed by atoms with Gasteiger partial charge < -0.3 is 10.2 Å². The number of benzene rings is 3. The summed E-state index contributed by atoms with van der Waals surface area (Å²) in [5.74, 6) is -1.13. The zero-order valence-corrected chi connectivity index (χ0v) is 25.5. The zero-order valence-electron chi connectivity index (χ0n) is 23.2. The molecule has 2 amide bonds. The Bertz CT molecular complexity index is 1500. The number of unbranched alkanes of at least 4 members (excludes halogenated alkanes) is 1. The van der Waals surface area contributed by atoms with Crippen LogP contribution in [0.15, 0.2) is 77.7 Å². The standard InChI is InChI=1S/C29H32Cl2N4O6S/c1-3-5-17-32-29(37)27(4-2)33(19-24-25(30)15-10-16-26(24)31)28(36)20-34(21-11-9-12-22(18-21)35(38)39)42(40,41)23-13-7-6-8-14-23/h6-16,18,27H,3-5,17,19-20H2,1-2H3,(H,32,37)/t27-/m1/s1. The van der Waals surface area contributed by atoms with Crippen molar-refractivity contribution in [3.8, 4) is 0 Å². The van der Waals surface area contributed by atoms with Crippen LogP contribution in [0.5, 0.6) is 0 Å². The molecule has 0 heterocycles. The van der Waals surface area contributed by atoms with Crippen LogP contribution in [-0.4, -0.2) is 49.2 Å². The van der Waals surface area contributed by atoms with Crippen molar-refractivity contribution in [2.75, 3.05) is 17.4 Å². The van der Waals surface area contributed by atoms with E-state index in [9.17, 15) is 28.1 Å². The largest absolute Gasteiger partial charge is 0.354 e. The molecule has 0 unspecified atom stereocenters. The number of anilines is 1. The smallest absolute Gasteiger partial charge is 0.271 e. The van der Waals surface area contributed by atoms with E-state index in [1.54, 1.807) is 31.2 Å². The molecular formula is C29H32Cl2N4O6S. The fraction of sp³-hybridized carbons (Fsp3) is 0.310. The van der Waals surface area contributed by atoms with Gasteiger partial charge in [0.05, 0.1) is 15.5 Å². The number of carbonyl (C=O) groups is 2. The van der Waals surface area contributed by atoms with E-state index in [1.165, 1.54) is 47.4 Å². The first-order chi connectivity index (χ1) is 20.0. The molecule has 0 spiro atoms. The lowest BCUT2D eigenvalue weighted by Crippen LogP contribution is -2.52. The monoisotopic (exact) mass is 634 g/mol. The minimum atomic E-state index is -4.37. The highest BCUT2D eigenvalue weighted by Gasteiger charge is 2.34. The summed E-state index contributed by atoms with van der Waals surface area (Å²) >= 11 is 12.8. The first kappa shape index (κ1) is 32.8. The Morgan fingerprint density at radius 2 is 1.62 bits per heavy atom. The molecule has 3 rings (SSSR count). The minimum Gasteiger partial charge on any atom is -0.354 e. The molecule has 0 saturated heterocycles. The average Bonchev–Trinajstić information content (AvgIpc) is 2.97. The quantitative estimate of drug-likeness (QED) is 0.135. The van der Waals surface area contributed by atoms with Gasteiger partial charge in [-0.2, -0.15) is 0 Å². The number of nitrogens with one attached hydrogen (secondary N) is 1. The van der Waals surface area contributed by atoms with E-state index in [4.69, 9.17) is 23.2 Å². The molecule has 0 aliphatic rings. The van der Waals surface area contributed by atoms with Crippen molar-refractivity contribution in [3.05, 3.63) is 98.5 Å². The zero-order chi connectivity index (χ0) is 30.9. The predicted octanol–water partition coefficient (Wildman–Crippen LogP) is 5.82. The molecule has 0 aromatic heterocycles. The summed E-state index contributed by atoms with van der Waals surface area (Å²) in [4.78, 5) is 39.4. The molecule has 3 aromatic carbocycles. The molecule has 224 valence electrons.